The molecule has 0 radical (unpaired) electrons. The number of rotatable bonds is 7. The lowest BCUT2D eigenvalue weighted by atomic mass is 10.2. The van der Waals surface area contributed by atoms with E-state index in [2.05, 4.69) is 41.0 Å². The van der Waals surface area contributed by atoms with Gasteiger partial charge in [0.05, 0.1) is 0 Å². The predicted molar refractivity (Wildman–Crippen MR) is 72.7 cm³/mol. The fraction of sp³-hybridized carbons (Fsp3) is 0.667. The summed E-state index contributed by atoms with van der Waals surface area (Å²) in [6, 6.07) is 0. The molecular weight excluding hydrogens is 236 g/mol. The Morgan fingerprint density at radius 3 is 2.53 bits per heavy atom. The van der Waals surface area contributed by atoms with E-state index in [0.717, 1.165) is 44.0 Å². The lowest BCUT2D eigenvalue weighted by molar-refractivity contribution is 0.316. The summed E-state index contributed by atoms with van der Waals surface area (Å²) >= 11 is 6.02. The van der Waals surface area contributed by atoms with Crippen LogP contribution in [0.4, 0.5) is 5.82 Å². The number of nitrogens with zero attached hydrogens (tertiary/aromatic N) is 3. The zero-order chi connectivity index (χ0) is 12.7. The third kappa shape index (κ3) is 4.13. The van der Waals surface area contributed by atoms with Gasteiger partial charge in [-0.15, -0.1) is 0 Å². The van der Waals surface area contributed by atoms with E-state index in [9.17, 15) is 0 Å². The Morgan fingerprint density at radius 1 is 1.24 bits per heavy atom. The second-order valence-corrected chi connectivity index (χ2v) is 4.16. The number of aromatic nitrogens is 2. The van der Waals surface area contributed by atoms with Gasteiger partial charge in [0.2, 0.25) is 0 Å². The quantitative estimate of drug-likeness (QED) is 0.761. The van der Waals surface area contributed by atoms with Crippen molar-refractivity contribution in [2.75, 3.05) is 31.5 Å². The standard InChI is InChI=1S/C12H21ClN4/c1-4-10-11(13)15-9-16-12(10)14-7-8-17(5-2)6-3/h9H,4-8H2,1-3H3,(H,14,15,16). The Bertz CT molecular complexity index is 339. The molecule has 96 valence electrons. The number of hydrogen-bond acceptors (Lipinski definition) is 4. The van der Waals surface area contributed by atoms with Crippen molar-refractivity contribution in [2.24, 2.45) is 0 Å². The average molecular weight is 257 g/mol. The molecule has 0 bridgehead atoms. The van der Waals surface area contributed by atoms with Crippen LogP contribution in [0.15, 0.2) is 6.33 Å². The summed E-state index contributed by atoms with van der Waals surface area (Å²) in [5.41, 5.74) is 0.994. The highest BCUT2D eigenvalue weighted by molar-refractivity contribution is 6.30. The first-order valence-electron chi connectivity index (χ1n) is 6.18. The van der Waals surface area contributed by atoms with E-state index in [1.54, 1.807) is 0 Å². The maximum absolute atomic E-state index is 6.02. The average Bonchev–Trinajstić information content (AvgIpc) is 2.35. The third-order valence-electron chi connectivity index (χ3n) is 2.86. The normalized spacial score (nSPS) is 10.9. The fourth-order valence-corrected chi connectivity index (χ4v) is 2.00. The van der Waals surface area contributed by atoms with Crippen LogP contribution in [-0.2, 0) is 6.42 Å². The number of likely N-dealkylation sites (N-methyl/N-ethyl adjacent to an activating group) is 1. The summed E-state index contributed by atoms with van der Waals surface area (Å²) < 4.78 is 0. The minimum absolute atomic E-state index is 0.549. The van der Waals surface area contributed by atoms with Crippen LogP contribution in [0.2, 0.25) is 5.15 Å². The first-order chi connectivity index (χ1) is 8.22. The van der Waals surface area contributed by atoms with E-state index in [1.165, 1.54) is 6.33 Å². The fourth-order valence-electron chi connectivity index (χ4n) is 1.73. The summed E-state index contributed by atoms with van der Waals surface area (Å²) in [4.78, 5) is 10.6. The molecule has 1 N–H and O–H groups in total. The van der Waals surface area contributed by atoms with Gasteiger partial charge in [-0.3, -0.25) is 0 Å². The van der Waals surface area contributed by atoms with Crippen LogP contribution >= 0.6 is 11.6 Å². The van der Waals surface area contributed by atoms with Crippen LogP contribution in [0, 0.1) is 0 Å². The zero-order valence-corrected chi connectivity index (χ0v) is 11.6. The minimum Gasteiger partial charge on any atom is -0.368 e. The third-order valence-corrected chi connectivity index (χ3v) is 3.19. The van der Waals surface area contributed by atoms with E-state index in [-0.39, 0.29) is 0 Å². The largest absolute Gasteiger partial charge is 0.368 e. The molecule has 1 aromatic heterocycles. The van der Waals surface area contributed by atoms with E-state index < -0.39 is 0 Å². The van der Waals surface area contributed by atoms with Gasteiger partial charge in [0.25, 0.3) is 0 Å². The van der Waals surface area contributed by atoms with Crippen LogP contribution in [0.1, 0.15) is 26.3 Å². The molecule has 0 spiro atoms. The van der Waals surface area contributed by atoms with Crippen molar-refractivity contribution in [1.82, 2.24) is 14.9 Å². The van der Waals surface area contributed by atoms with Gasteiger partial charge in [-0.1, -0.05) is 32.4 Å². The number of halogens is 1. The van der Waals surface area contributed by atoms with Crippen LogP contribution < -0.4 is 5.32 Å². The Morgan fingerprint density at radius 2 is 1.94 bits per heavy atom. The molecule has 0 aromatic carbocycles. The SMILES string of the molecule is CCc1c(Cl)ncnc1NCCN(CC)CC. The van der Waals surface area contributed by atoms with Crippen LogP contribution in [0.5, 0.6) is 0 Å². The van der Waals surface area contributed by atoms with Crippen molar-refractivity contribution in [1.29, 1.82) is 0 Å². The monoisotopic (exact) mass is 256 g/mol. The summed E-state index contributed by atoms with van der Waals surface area (Å²) in [5.74, 6) is 0.861. The van der Waals surface area contributed by atoms with E-state index in [4.69, 9.17) is 11.6 Å². The Hall–Kier alpha value is -0.870. The molecule has 0 unspecified atom stereocenters. The van der Waals surface area contributed by atoms with Crippen molar-refractivity contribution < 1.29 is 0 Å². The maximum atomic E-state index is 6.02. The molecular formula is C12H21ClN4. The first-order valence-corrected chi connectivity index (χ1v) is 6.56. The smallest absolute Gasteiger partial charge is 0.137 e. The molecule has 1 aromatic rings. The van der Waals surface area contributed by atoms with Gasteiger partial charge in [-0.2, -0.15) is 0 Å². The predicted octanol–water partition coefficient (Wildman–Crippen LogP) is 2.45. The van der Waals surface area contributed by atoms with Crippen molar-refractivity contribution in [3.8, 4) is 0 Å². The molecule has 0 saturated carbocycles. The van der Waals surface area contributed by atoms with Crippen LogP contribution in [0.3, 0.4) is 0 Å². The van der Waals surface area contributed by atoms with Gasteiger partial charge in [0, 0.05) is 18.7 Å². The molecule has 17 heavy (non-hydrogen) atoms. The minimum atomic E-state index is 0.549. The van der Waals surface area contributed by atoms with Crippen molar-refractivity contribution in [3.05, 3.63) is 17.0 Å². The second kappa shape index (κ2) is 7.45. The highest BCUT2D eigenvalue weighted by Crippen LogP contribution is 2.19. The summed E-state index contributed by atoms with van der Waals surface area (Å²) in [6.07, 6.45) is 2.34. The maximum Gasteiger partial charge on any atom is 0.137 e. The molecule has 0 fully saturated rings. The van der Waals surface area contributed by atoms with Crippen LogP contribution in [-0.4, -0.2) is 41.0 Å². The summed E-state index contributed by atoms with van der Waals surface area (Å²) in [6.45, 7) is 10.4. The summed E-state index contributed by atoms with van der Waals surface area (Å²) in [7, 11) is 0. The zero-order valence-electron chi connectivity index (χ0n) is 10.8. The van der Waals surface area contributed by atoms with Gasteiger partial charge in [-0.25, -0.2) is 9.97 Å². The Labute approximate surface area is 108 Å². The van der Waals surface area contributed by atoms with Crippen molar-refractivity contribution in [3.63, 3.8) is 0 Å². The highest BCUT2D eigenvalue weighted by Gasteiger charge is 2.07. The second-order valence-electron chi connectivity index (χ2n) is 3.80. The van der Waals surface area contributed by atoms with Gasteiger partial charge in [0.1, 0.15) is 17.3 Å². The number of nitrogens with one attached hydrogen (secondary N) is 1. The van der Waals surface area contributed by atoms with Gasteiger partial charge < -0.3 is 10.2 Å². The highest BCUT2D eigenvalue weighted by atomic mass is 35.5. The first kappa shape index (κ1) is 14.2. The molecule has 0 aliphatic carbocycles. The van der Waals surface area contributed by atoms with Crippen LogP contribution in [0.25, 0.3) is 0 Å². The Kier molecular flexibility index (Phi) is 6.22. The molecule has 0 amide bonds. The molecule has 5 heteroatoms. The van der Waals surface area contributed by atoms with Gasteiger partial charge in [0.15, 0.2) is 0 Å². The molecule has 1 rings (SSSR count). The molecule has 0 saturated heterocycles. The van der Waals surface area contributed by atoms with Gasteiger partial charge in [-0.05, 0) is 19.5 Å². The van der Waals surface area contributed by atoms with Crippen molar-refractivity contribution >= 4 is 17.4 Å². The molecule has 0 aliphatic rings. The van der Waals surface area contributed by atoms with Crippen molar-refractivity contribution in [2.45, 2.75) is 27.2 Å². The number of anilines is 1. The lowest BCUT2D eigenvalue weighted by Gasteiger charge is -2.18. The topological polar surface area (TPSA) is 41.1 Å². The molecule has 0 atom stereocenters. The lowest BCUT2D eigenvalue weighted by Crippen LogP contribution is -2.29. The Balaban J connectivity index is 2.54. The number of hydrogen-bond donors (Lipinski definition) is 1. The molecule has 1 heterocycles. The molecule has 0 aliphatic heterocycles. The van der Waals surface area contributed by atoms with E-state index in [0.29, 0.717) is 5.15 Å². The van der Waals surface area contributed by atoms with E-state index >= 15 is 0 Å². The summed E-state index contributed by atoms with van der Waals surface area (Å²) in [5, 5.41) is 3.88. The molecule has 4 nitrogen and oxygen atoms in total. The van der Waals surface area contributed by atoms with E-state index in [1.807, 2.05) is 0 Å². The van der Waals surface area contributed by atoms with Gasteiger partial charge >= 0.3 is 0 Å².